The fraction of sp³-hybridized carbons (Fsp3) is 0.308. The lowest BCUT2D eigenvalue weighted by atomic mass is 10.3. The van der Waals surface area contributed by atoms with Crippen LogP contribution in [0.15, 0.2) is 40.2 Å². The molecule has 2 aromatic rings. The van der Waals surface area contributed by atoms with Gasteiger partial charge in [0.15, 0.2) is 0 Å². The highest BCUT2D eigenvalue weighted by Crippen LogP contribution is 2.05. The van der Waals surface area contributed by atoms with Gasteiger partial charge in [0.05, 0.1) is 6.54 Å². The van der Waals surface area contributed by atoms with Gasteiger partial charge in [-0.15, -0.1) is 0 Å². The van der Waals surface area contributed by atoms with Gasteiger partial charge in [0, 0.05) is 25.0 Å². The fourth-order valence-corrected chi connectivity index (χ4v) is 1.91. The first-order valence-electron chi connectivity index (χ1n) is 6.02. The molecule has 5 nitrogen and oxygen atoms in total. The average Bonchev–Trinajstić information content (AvgIpc) is 2.40. The molecule has 0 aromatic carbocycles. The Balaban J connectivity index is 2.39. The number of hydrogen-bond donors (Lipinski definition) is 0. The van der Waals surface area contributed by atoms with Crippen molar-refractivity contribution in [3.05, 3.63) is 62.1 Å². The van der Waals surface area contributed by atoms with Crippen LogP contribution >= 0.6 is 11.6 Å². The monoisotopic (exact) mass is 279 g/mol. The second kappa shape index (κ2) is 5.84. The second-order valence-electron chi connectivity index (χ2n) is 4.21. The zero-order chi connectivity index (χ0) is 13.8. The molecule has 0 atom stereocenters. The number of halogens is 1. The molecule has 0 radical (unpaired) electrons. The van der Waals surface area contributed by atoms with E-state index >= 15 is 0 Å². The summed E-state index contributed by atoms with van der Waals surface area (Å²) < 4.78 is 2.73. The van der Waals surface area contributed by atoms with E-state index in [0.717, 1.165) is 12.0 Å². The highest BCUT2D eigenvalue weighted by Gasteiger charge is 2.05. The van der Waals surface area contributed by atoms with Crippen molar-refractivity contribution in [3.8, 4) is 0 Å². The Morgan fingerprint density at radius 2 is 2.05 bits per heavy atom. The van der Waals surface area contributed by atoms with Crippen molar-refractivity contribution in [1.29, 1.82) is 0 Å². The number of rotatable bonds is 4. The summed E-state index contributed by atoms with van der Waals surface area (Å²) in [4.78, 5) is 27.8. The Hall–Kier alpha value is -1.88. The summed E-state index contributed by atoms with van der Waals surface area (Å²) in [6, 6.07) is 4.79. The summed E-state index contributed by atoms with van der Waals surface area (Å²) in [5, 5.41) is 0.382. The molecule has 6 heteroatoms. The summed E-state index contributed by atoms with van der Waals surface area (Å²) in [5.41, 5.74) is 0.148. The van der Waals surface area contributed by atoms with E-state index in [1.807, 2.05) is 6.92 Å². The smallest absolute Gasteiger partial charge is 0.300 e. The number of nitrogens with zero attached hydrogens (tertiary/aromatic N) is 3. The average molecular weight is 280 g/mol. The first-order chi connectivity index (χ1) is 9.11. The van der Waals surface area contributed by atoms with E-state index in [1.54, 1.807) is 18.3 Å². The van der Waals surface area contributed by atoms with Crippen LogP contribution in [-0.4, -0.2) is 14.1 Å². The predicted octanol–water partition coefficient (Wildman–Crippen LogP) is 1.52. The van der Waals surface area contributed by atoms with Crippen molar-refractivity contribution in [1.82, 2.24) is 14.1 Å². The van der Waals surface area contributed by atoms with Crippen molar-refractivity contribution in [2.45, 2.75) is 26.4 Å². The van der Waals surface area contributed by atoms with Gasteiger partial charge in [0.25, 0.3) is 5.56 Å². The molecule has 0 aliphatic heterocycles. The number of aryl methyl sites for hydroxylation is 1. The maximum atomic E-state index is 12.1. The highest BCUT2D eigenvalue weighted by molar-refractivity contribution is 6.29. The van der Waals surface area contributed by atoms with Gasteiger partial charge >= 0.3 is 5.69 Å². The van der Waals surface area contributed by atoms with Crippen LogP contribution in [0.4, 0.5) is 0 Å². The van der Waals surface area contributed by atoms with Gasteiger partial charge in [-0.2, -0.15) is 0 Å². The number of pyridine rings is 1. The molecule has 0 saturated carbocycles. The van der Waals surface area contributed by atoms with E-state index in [-0.39, 0.29) is 17.8 Å². The Morgan fingerprint density at radius 1 is 1.26 bits per heavy atom. The molecule has 100 valence electrons. The summed E-state index contributed by atoms with van der Waals surface area (Å²) >= 11 is 5.70. The maximum Gasteiger partial charge on any atom is 0.331 e. The first-order valence-corrected chi connectivity index (χ1v) is 6.40. The Kier molecular flexibility index (Phi) is 4.16. The molecular formula is C13H14ClN3O2. The molecule has 2 aromatic heterocycles. The topological polar surface area (TPSA) is 56.9 Å². The van der Waals surface area contributed by atoms with E-state index in [9.17, 15) is 9.59 Å². The molecule has 2 rings (SSSR count). The van der Waals surface area contributed by atoms with E-state index in [1.165, 1.54) is 21.4 Å². The van der Waals surface area contributed by atoms with Crippen LogP contribution in [0.2, 0.25) is 5.15 Å². The Labute approximate surface area is 115 Å². The third-order valence-corrected chi connectivity index (χ3v) is 2.96. The van der Waals surface area contributed by atoms with Crippen molar-refractivity contribution in [2.24, 2.45) is 0 Å². The molecular weight excluding hydrogens is 266 g/mol. The van der Waals surface area contributed by atoms with Gasteiger partial charge in [-0.05, 0) is 18.1 Å². The highest BCUT2D eigenvalue weighted by atomic mass is 35.5. The molecule has 0 amide bonds. The summed E-state index contributed by atoms with van der Waals surface area (Å²) in [6.07, 6.45) is 3.93. The lowest BCUT2D eigenvalue weighted by molar-refractivity contribution is 0.570. The minimum atomic E-state index is -0.313. The zero-order valence-electron chi connectivity index (χ0n) is 10.5. The molecule has 0 aliphatic rings. The van der Waals surface area contributed by atoms with Crippen LogP contribution in [0, 0.1) is 0 Å². The predicted molar refractivity (Wildman–Crippen MR) is 73.6 cm³/mol. The van der Waals surface area contributed by atoms with Gasteiger partial charge in [-0.1, -0.05) is 24.6 Å². The van der Waals surface area contributed by atoms with Crippen molar-refractivity contribution in [2.75, 3.05) is 0 Å². The second-order valence-corrected chi connectivity index (χ2v) is 4.59. The fourth-order valence-electron chi connectivity index (χ4n) is 1.80. The maximum absolute atomic E-state index is 12.1. The largest absolute Gasteiger partial charge is 0.331 e. The third-order valence-electron chi connectivity index (χ3n) is 2.73. The van der Waals surface area contributed by atoms with Crippen molar-refractivity contribution >= 4 is 11.6 Å². The van der Waals surface area contributed by atoms with Crippen molar-refractivity contribution in [3.63, 3.8) is 0 Å². The standard InChI is InChI=1S/C13H14ClN3O2/c1-2-6-16-7-5-12(18)17(13(16)19)9-10-3-4-11(14)15-8-10/h3-5,7-8H,2,6,9H2,1H3. The third kappa shape index (κ3) is 3.12. The molecule has 0 fully saturated rings. The SMILES string of the molecule is CCCn1ccc(=O)n(Cc2ccc(Cl)nc2)c1=O. The van der Waals surface area contributed by atoms with Crippen LogP contribution in [0.3, 0.4) is 0 Å². The Morgan fingerprint density at radius 3 is 2.68 bits per heavy atom. The van der Waals surface area contributed by atoms with Gasteiger partial charge in [0.1, 0.15) is 5.15 Å². The van der Waals surface area contributed by atoms with Crippen LogP contribution in [0.5, 0.6) is 0 Å². The summed E-state index contributed by atoms with van der Waals surface area (Å²) in [7, 11) is 0. The van der Waals surface area contributed by atoms with Crippen molar-refractivity contribution < 1.29 is 0 Å². The first kappa shape index (κ1) is 13.5. The van der Waals surface area contributed by atoms with E-state index in [0.29, 0.717) is 11.7 Å². The lowest BCUT2D eigenvalue weighted by Gasteiger charge is -2.08. The normalized spacial score (nSPS) is 10.6. The number of aromatic nitrogens is 3. The molecule has 0 N–H and O–H groups in total. The summed E-state index contributed by atoms with van der Waals surface area (Å²) in [5.74, 6) is 0. The van der Waals surface area contributed by atoms with Gasteiger partial charge in [0.2, 0.25) is 0 Å². The molecule has 19 heavy (non-hydrogen) atoms. The minimum absolute atomic E-state index is 0.201. The quantitative estimate of drug-likeness (QED) is 0.797. The van der Waals surface area contributed by atoms with Crippen LogP contribution in [0.25, 0.3) is 0 Å². The van der Waals surface area contributed by atoms with E-state index < -0.39 is 0 Å². The van der Waals surface area contributed by atoms with Crippen LogP contribution < -0.4 is 11.2 Å². The number of hydrogen-bond acceptors (Lipinski definition) is 3. The molecule has 2 heterocycles. The van der Waals surface area contributed by atoms with Crippen LogP contribution in [-0.2, 0) is 13.1 Å². The van der Waals surface area contributed by atoms with Gasteiger partial charge in [-0.3, -0.25) is 9.36 Å². The molecule has 0 spiro atoms. The van der Waals surface area contributed by atoms with Crippen LogP contribution in [0.1, 0.15) is 18.9 Å². The van der Waals surface area contributed by atoms with Gasteiger partial charge < -0.3 is 4.57 Å². The lowest BCUT2D eigenvalue weighted by Crippen LogP contribution is -2.39. The van der Waals surface area contributed by atoms with E-state index in [4.69, 9.17) is 11.6 Å². The van der Waals surface area contributed by atoms with Gasteiger partial charge in [-0.25, -0.2) is 9.78 Å². The molecule has 0 saturated heterocycles. The molecule has 0 bridgehead atoms. The van der Waals surface area contributed by atoms with E-state index in [2.05, 4.69) is 4.98 Å². The minimum Gasteiger partial charge on any atom is -0.300 e. The Bertz CT molecular complexity index is 674. The zero-order valence-corrected chi connectivity index (χ0v) is 11.3. The molecule has 0 aliphatic carbocycles. The molecule has 0 unspecified atom stereocenters. The summed E-state index contributed by atoms with van der Waals surface area (Å²) in [6.45, 7) is 2.77.